The molecule has 0 unspecified atom stereocenters. The summed E-state index contributed by atoms with van der Waals surface area (Å²) in [6.45, 7) is 1.58. The van der Waals surface area contributed by atoms with Gasteiger partial charge >= 0.3 is 11.9 Å². The van der Waals surface area contributed by atoms with Crippen LogP contribution in [0.4, 0.5) is 4.48 Å². The predicted molar refractivity (Wildman–Crippen MR) is 25.9 cm³/mol. The highest BCUT2D eigenvalue weighted by Crippen LogP contribution is 1.76. The van der Waals surface area contributed by atoms with Crippen molar-refractivity contribution < 1.29 is 18.8 Å². The number of hydrogen-bond acceptors (Lipinski definition) is 3. The van der Waals surface area contributed by atoms with Crippen LogP contribution in [0.2, 0.25) is 0 Å². The summed E-state index contributed by atoms with van der Waals surface area (Å²) in [5.74, 6) is -2.59. The third-order valence-corrected chi connectivity index (χ3v) is 0.547. The Kier molecular flexibility index (Phi) is 3.34. The Hall–Kier alpha value is -1.13. The zero-order valence-corrected chi connectivity index (χ0v) is 4.81. The summed E-state index contributed by atoms with van der Waals surface area (Å²) in [4.78, 5) is 20.0. The summed E-state index contributed by atoms with van der Waals surface area (Å²) in [5, 5.41) is 0. The van der Waals surface area contributed by atoms with Crippen molar-refractivity contribution in [1.29, 1.82) is 0 Å². The van der Waals surface area contributed by atoms with Crippen LogP contribution in [0.3, 0.4) is 0 Å². The third kappa shape index (κ3) is 2.63. The first-order chi connectivity index (χ1) is 4.22. The Morgan fingerprint density at radius 3 is 2.56 bits per heavy atom. The van der Waals surface area contributed by atoms with Crippen molar-refractivity contribution in [2.24, 2.45) is 0 Å². The van der Waals surface area contributed by atoms with Gasteiger partial charge in [0.1, 0.15) is 0 Å². The molecule has 0 aromatic carbocycles. The lowest BCUT2D eigenvalue weighted by molar-refractivity contribution is -0.156. The minimum Gasteiger partial charge on any atom is -0.459 e. The molecule has 1 amide bonds. The molecule has 0 aliphatic heterocycles. The molecule has 52 valence electrons. The number of carbonyl (C=O) groups excluding carboxylic acids is 2. The zero-order valence-electron chi connectivity index (χ0n) is 4.81. The molecule has 0 aromatic rings. The number of esters is 1. The number of carbonyl (C=O) groups is 2. The van der Waals surface area contributed by atoms with E-state index in [1.54, 1.807) is 0 Å². The van der Waals surface area contributed by atoms with Crippen LogP contribution in [0.15, 0.2) is 0 Å². The smallest absolute Gasteiger partial charge is 0.399 e. The molecule has 0 saturated heterocycles. The first-order valence-electron chi connectivity index (χ1n) is 2.30. The van der Waals surface area contributed by atoms with Crippen molar-refractivity contribution in [2.75, 3.05) is 6.61 Å². The van der Waals surface area contributed by atoms with Crippen LogP contribution in [-0.2, 0) is 14.3 Å². The van der Waals surface area contributed by atoms with Crippen molar-refractivity contribution in [2.45, 2.75) is 6.92 Å². The molecule has 0 rings (SSSR count). The van der Waals surface area contributed by atoms with Gasteiger partial charge in [0.05, 0.1) is 6.61 Å². The molecule has 1 N–H and O–H groups in total. The summed E-state index contributed by atoms with van der Waals surface area (Å²) < 4.78 is 15.2. The molecule has 0 saturated carbocycles. The van der Waals surface area contributed by atoms with Crippen LogP contribution in [0.1, 0.15) is 6.92 Å². The molecule has 0 spiro atoms. The van der Waals surface area contributed by atoms with Crippen LogP contribution >= 0.6 is 0 Å². The topological polar surface area (TPSA) is 55.4 Å². The highest BCUT2D eigenvalue weighted by atomic mass is 19.2. The second-order valence-corrected chi connectivity index (χ2v) is 1.14. The van der Waals surface area contributed by atoms with Gasteiger partial charge in [0.25, 0.3) is 0 Å². The maximum absolute atomic E-state index is 11.1. The predicted octanol–water partition coefficient (Wildman–Crippen LogP) is -0.450. The summed E-state index contributed by atoms with van der Waals surface area (Å²) in [6, 6.07) is 0. The van der Waals surface area contributed by atoms with Crippen LogP contribution in [0, 0.1) is 0 Å². The van der Waals surface area contributed by atoms with E-state index in [0.717, 1.165) is 0 Å². The molecule has 4 nitrogen and oxygen atoms in total. The third-order valence-electron chi connectivity index (χ3n) is 0.547. The Morgan fingerprint density at radius 1 is 1.67 bits per heavy atom. The fraction of sp³-hybridized carbons (Fsp3) is 0.500. The Balaban J connectivity index is 3.60. The average Bonchev–Trinajstić information content (AvgIpc) is 1.87. The second kappa shape index (κ2) is 3.82. The van der Waals surface area contributed by atoms with Crippen molar-refractivity contribution in [3.63, 3.8) is 0 Å². The number of halogens is 1. The van der Waals surface area contributed by atoms with Crippen molar-refractivity contribution >= 4 is 11.9 Å². The van der Waals surface area contributed by atoms with Gasteiger partial charge in [-0.3, -0.25) is 4.79 Å². The zero-order chi connectivity index (χ0) is 7.28. The van der Waals surface area contributed by atoms with Crippen molar-refractivity contribution in [3.05, 3.63) is 0 Å². The fourth-order valence-corrected chi connectivity index (χ4v) is 0.235. The molecular formula is C4H6FNO3. The summed E-state index contributed by atoms with van der Waals surface area (Å²) in [5.41, 5.74) is 0.636. The molecule has 0 radical (unpaired) electrons. The van der Waals surface area contributed by atoms with Gasteiger partial charge in [0.2, 0.25) is 0 Å². The molecule has 0 fully saturated rings. The molecule has 0 bridgehead atoms. The highest BCUT2D eigenvalue weighted by molar-refractivity contribution is 6.32. The first kappa shape index (κ1) is 7.87. The van der Waals surface area contributed by atoms with Gasteiger partial charge in [-0.05, 0) is 6.92 Å². The molecule has 5 heteroatoms. The molecule has 9 heavy (non-hydrogen) atoms. The highest BCUT2D eigenvalue weighted by Gasteiger charge is 2.12. The first-order valence-corrected chi connectivity index (χ1v) is 2.30. The summed E-state index contributed by atoms with van der Waals surface area (Å²) in [6.07, 6.45) is 0. The minimum absolute atomic E-state index is 0.0618. The number of nitrogens with one attached hydrogen (secondary N) is 1. The number of amides is 1. The van der Waals surface area contributed by atoms with E-state index in [1.165, 1.54) is 6.92 Å². The van der Waals surface area contributed by atoms with E-state index in [4.69, 9.17) is 0 Å². The lowest BCUT2D eigenvalue weighted by atomic mass is 10.6. The maximum Gasteiger partial charge on any atom is 0.399 e. The SMILES string of the molecule is CCOC(=O)C(=O)NF. The number of rotatable bonds is 1. The maximum atomic E-state index is 11.1. The van der Waals surface area contributed by atoms with Crippen molar-refractivity contribution in [1.82, 2.24) is 5.54 Å². The Bertz CT molecular complexity index is 125. The monoisotopic (exact) mass is 135 g/mol. The molecule has 0 aliphatic rings. The number of ether oxygens (including phenoxy) is 1. The molecule has 0 aromatic heterocycles. The Morgan fingerprint density at radius 2 is 2.22 bits per heavy atom. The molecule has 0 atom stereocenters. The van der Waals surface area contributed by atoms with E-state index in [9.17, 15) is 14.1 Å². The largest absolute Gasteiger partial charge is 0.459 e. The number of hydrogen-bond donors (Lipinski definition) is 1. The quantitative estimate of drug-likeness (QED) is 0.301. The minimum atomic E-state index is -1.38. The van der Waals surface area contributed by atoms with Crippen molar-refractivity contribution in [3.8, 4) is 0 Å². The van der Waals surface area contributed by atoms with Gasteiger partial charge in [-0.1, -0.05) is 4.48 Å². The van der Waals surface area contributed by atoms with Gasteiger partial charge in [-0.25, -0.2) is 4.79 Å². The molecular weight excluding hydrogens is 129 g/mol. The molecule has 0 heterocycles. The average molecular weight is 135 g/mol. The summed E-state index contributed by atoms with van der Waals surface area (Å²) in [7, 11) is 0. The van der Waals surface area contributed by atoms with E-state index < -0.39 is 11.9 Å². The van der Waals surface area contributed by atoms with Crippen LogP contribution in [0.25, 0.3) is 0 Å². The Labute approximate surface area is 50.9 Å². The summed E-state index contributed by atoms with van der Waals surface area (Å²) >= 11 is 0. The fourth-order valence-electron chi connectivity index (χ4n) is 0.235. The van der Waals surface area contributed by atoms with Crippen LogP contribution in [-0.4, -0.2) is 18.5 Å². The van der Waals surface area contributed by atoms with E-state index in [-0.39, 0.29) is 6.61 Å². The lowest BCUT2D eigenvalue weighted by Crippen LogP contribution is -2.26. The van der Waals surface area contributed by atoms with Gasteiger partial charge in [0.15, 0.2) is 0 Å². The van der Waals surface area contributed by atoms with E-state index >= 15 is 0 Å². The van der Waals surface area contributed by atoms with Gasteiger partial charge < -0.3 is 4.74 Å². The standard InChI is InChI=1S/C4H6FNO3/c1-2-9-4(8)3(7)6-5/h2H2,1H3,(H,6,7). The van der Waals surface area contributed by atoms with E-state index in [0.29, 0.717) is 5.54 Å². The lowest BCUT2D eigenvalue weighted by Gasteiger charge is -1.94. The van der Waals surface area contributed by atoms with Gasteiger partial charge in [-0.15, -0.1) is 0 Å². The van der Waals surface area contributed by atoms with E-state index in [1.807, 2.05) is 0 Å². The van der Waals surface area contributed by atoms with Crippen LogP contribution in [0.5, 0.6) is 0 Å². The van der Waals surface area contributed by atoms with Gasteiger partial charge in [-0.2, -0.15) is 5.54 Å². The van der Waals surface area contributed by atoms with E-state index in [2.05, 4.69) is 4.74 Å². The van der Waals surface area contributed by atoms with Gasteiger partial charge in [0, 0.05) is 0 Å². The normalized spacial score (nSPS) is 8.22. The molecule has 0 aliphatic carbocycles. The van der Waals surface area contributed by atoms with Crippen LogP contribution < -0.4 is 5.54 Å². The second-order valence-electron chi connectivity index (χ2n) is 1.14.